The molecule has 3 nitrogen and oxygen atoms in total. The van der Waals surface area contributed by atoms with E-state index in [4.69, 9.17) is 4.74 Å². The summed E-state index contributed by atoms with van der Waals surface area (Å²) in [5, 5.41) is 2.94. The number of carbonyl (C=O) groups excluding carboxylic acids is 1. The van der Waals surface area contributed by atoms with Crippen molar-refractivity contribution in [2.45, 2.75) is 40.2 Å². The van der Waals surface area contributed by atoms with E-state index < -0.39 is 6.10 Å². The van der Waals surface area contributed by atoms with Gasteiger partial charge in [-0.1, -0.05) is 37.3 Å². The Kier molecular flexibility index (Phi) is 5.21. The van der Waals surface area contributed by atoms with Crippen LogP contribution in [0.25, 0.3) is 0 Å². The molecule has 0 saturated carbocycles. The van der Waals surface area contributed by atoms with Gasteiger partial charge >= 0.3 is 0 Å². The van der Waals surface area contributed by atoms with E-state index in [9.17, 15) is 4.79 Å². The molecule has 3 heteroatoms. The molecular formula is C19H23NO2. The van der Waals surface area contributed by atoms with Gasteiger partial charge in [-0.25, -0.2) is 0 Å². The van der Waals surface area contributed by atoms with E-state index in [0.717, 1.165) is 34.5 Å². The Morgan fingerprint density at radius 1 is 1.18 bits per heavy atom. The average molecular weight is 297 g/mol. The van der Waals surface area contributed by atoms with Crippen LogP contribution in [-0.2, 0) is 11.2 Å². The van der Waals surface area contributed by atoms with Gasteiger partial charge in [-0.15, -0.1) is 0 Å². The van der Waals surface area contributed by atoms with Crippen LogP contribution in [0, 0.1) is 13.8 Å². The van der Waals surface area contributed by atoms with E-state index in [-0.39, 0.29) is 5.91 Å². The zero-order chi connectivity index (χ0) is 16.1. The zero-order valence-electron chi connectivity index (χ0n) is 13.6. The highest BCUT2D eigenvalue weighted by atomic mass is 16.5. The largest absolute Gasteiger partial charge is 0.481 e. The van der Waals surface area contributed by atoms with Crippen molar-refractivity contribution in [3.63, 3.8) is 0 Å². The van der Waals surface area contributed by atoms with Crippen LogP contribution in [0.4, 0.5) is 5.69 Å². The molecule has 0 saturated heterocycles. The third-order valence-electron chi connectivity index (χ3n) is 3.68. The molecule has 0 aliphatic rings. The summed E-state index contributed by atoms with van der Waals surface area (Å²) in [5.41, 5.74) is 4.10. The van der Waals surface area contributed by atoms with Gasteiger partial charge in [-0.3, -0.25) is 4.79 Å². The van der Waals surface area contributed by atoms with Crippen molar-refractivity contribution in [1.29, 1.82) is 0 Å². The molecule has 22 heavy (non-hydrogen) atoms. The molecule has 0 aliphatic carbocycles. The molecule has 1 atom stereocenters. The summed E-state index contributed by atoms with van der Waals surface area (Å²) in [6.45, 7) is 7.83. The molecule has 0 aromatic heterocycles. The number of anilines is 1. The van der Waals surface area contributed by atoms with Crippen molar-refractivity contribution >= 4 is 11.6 Å². The van der Waals surface area contributed by atoms with Crippen LogP contribution >= 0.6 is 0 Å². The number of benzene rings is 2. The van der Waals surface area contributed by atoms with E-state index in [2.05, 4.69) is 12.2 Å². The summed E-state index contributed by atoms with van der Waals surface area (Å²) >= 11 is 0. The highest BCUT2D eigenvalue weighted by Gasteiger charge is 2.16. The third kappa shape index (κ3) is 3.88. The Morgan fingerprint density at radius 2 is 1.91 bits per heavy atom. The minimum absolute atomic E-state index is 0.139. The van der Waals surface area contributed by atoms with Crippen LogP contribution in [-0.4, -0.2) is 12.0 Å². The number of amides is 1. The second kappa shape index (κ2) is 7.12. The first-order valence-electron chi connectivity index (χ1n) is 7.64. The number of rotatable bonds is 5. The van der Waals surface area contributed by atoms with Crippen molar-refractivity contribution in [3.05, 3.63) is 59.2 Å². The first-order valence-corrected chi connectivity index (χ1v) is 7.64. The van der Waals surface area contributed by atoms with E-state index in [0.29, 0.717) is 0 Å². The maximum atomic E-state index is 12.3. The number of hydrogen-bond donors (Lipinski definition) is 1. The molecule has 0 fully saturated rings. The van der Waals surface area contributed by atoms with Crippen LogP contribution in [0.1, 0.15) is 30.5 Å². The fraction of sp³-hybridized carbons (Fsp3) is 0.316. The van der Waals surface area contributed by atoms with Crippen LogP contribution in [0.3, 0.4) is 0 Å². The van der Waals surface area contributed by atoms with E-state index in [1.54, 1.807) is 6.92 Å². The molecule has 0 unspecified atom stereocenters. The Hall–Kier alpha value is -2.29. The lowest BCUT2D eigenvalue weighted by atomic mass is 10.1. The van der Waals surface area contributed by atoms with Gasteiger partial charge in [0.15, 0.2) is 6.10 Å². The molecule has 2 aromatic rings. The van der Waals surface area contributed by atoms with Gasteiger partial charge < -0.3 is 10.1 Å². The smallest absolute Gasteiger partial charge is 0.265 e. The minimum atomic E-state index is -0.549. The molecule has 1 N–H and O–H groups in total. The van der Waals surface area contributed by atoms with Crippen LogP contribution < -0.4 is 10.1 Å². The first-order chi connectivity index (χ1) is 10.5. The Labute approximate surface area is 132 Å². The van der Waals surface area contributed by atoms with Crippen LogP contribution in [0.5, 0.6) is 5.75 Å². The van der Waals surface area contributed by atoms with Gasteiger partial charge in [0.25, 0.3) is 5.91 Å². The van der Waals surface area contributed by atoms with E-state index >= 15 is 0 Å². The van der Waals surface area contributed by atoms with Gasteiger partial charge in [0.05, 0.1) is 0 Å². The Morgan fingerprint density at radius 3 is 2.64 bits per heavy atom. The number of carbonyl (C=O) groups is 1. The molecule has 2 aromatic carbocycles. The highest BCUT2D eigenvalue weighted by Crippen LogP contribution is 2.21. The lowest BCUT2D eigenvalue weighted by Gasteiger charge is -2.17. The highest BCUT2D eigenvalue weighted by molar-refractivity contribution is 5.94. The lowest BCUT2D eigenvalue weighted by molar-refractivity contribution is -0.122. The minimum Gasteiger partial charge on any atom is -0.481 e. The fourth-order valence-corrected chi connectivity index (χ4v) is 2.26. The van der Waals surface area contributed by atoms with Gasteiger partial charge in [-0.2, -0.15) is 0 Å². The first kappa shape index (κ1) is 16.1. The summed E-state index contributed by atoms with van der Waals surface area (Å²) < 4.78 is 5.83. The second-order valence-electron chi connectivity index (χ2n) is 5.53. The summed E-state index contributed by atoms with van der Waals surface area (Å²) in [6, 6.07) is 13.8. The molecule has 0 heterocycles. The monoisotopic (exact) mass is 297 g/mol. The standard InChI is InChI=1S/C19H23NO2/c1-5-16-8-6-7-9-18(16)22-15(4)19(21)20-17-12-13(2)10-11-14(17)3/h6-12,15H,5H2,1-4H3,(H,20,21)/t15-/m0/s1. The topological polar surface area (TPSA) is 38.3 Å². The molecule has 116 valence electrons. The van der Waals surface area contributed by atoms with Crippen molar-refractivity contribution < 1.29 is 9.53 Å². The quantitative estimate of drug-likeness (QED) is 0.895. The number of hydrogen-bond acceptors (Lipinski definition) is 2. The van der Waals surface area contributed by atoms with Crippen LogP contribution in [0.2, 0.25) is 0 Å². The third-order valence-corrected chi connectivity index (χ3v) is 3.68. The Bertz CT molecular complexity index is 664. The summed E-state index contributed by atoms with van der Waals surface area (Å²) in [4.78, 5) is 12.3. The fourth-order valence-electron chi connectivity index (χ4n) is 2.26. The number of para-hydroxylation sites is 1. The van der Waals surface area contributed by atoms with Gasteiger partial charge in [0, 0.05) is 5.69 Å². The van der Waals surface area contributed by atoms with E-state index in [1.807, 2.05) is 56.3 Å². The molecular weight excluding hydrogens is 274 g/mol. The maximum absolute atomic E-state index is 12.3. The Balaban J connectivity index is 2.07. The van der Waals surface area contributed by atoms with Gasteiger partial charge in [-0.05, 0) is 56.0 Å². The van der Waals surface area contributed by atoms with Crippen molar-refractivity contribution in [2.24, 2.45) is 0 Å². The number of aryl methyl sites for hydroxylation is 3. The number of ether oxygens (including phenoxy) is 1. The molecule has 0 radical (unpaired) electrons. The maximum Gasteiger partial charge on any atom is 0.265 e. The van der Waals surface area contributed by atoms with Crippen LogP contribution in [0.15, 0.2) is 42.5 Å². The molecule has 2 rings (SSSR count). The molecule has 0 spiro atoms. The predicted octanol–water partition coefficient (Wildman–Crippen LogP) is 4.27. The average Bonchev–Trinajstić information content (AvgIpc) is 2.51. The SMILES string of the molecule is CCc1ccccc1O[C@@H](C)C(=O)Nc1cc(C)ccc1C. The van der Waals surface area contributed by atoms with Crippen molar-refractivity contribution in [2.75, 3.05) is 5.32 Å². The lowest BCUT2D eigenvalue weighted by Crippen LogP contribution is -2.30. The van der Waals surface area contributed by atoms with Crippen molar-refractivity contribution in [3.8, 4) is 5.75 Å². The van der Waals surface area contributed by atoms with Crippen molar-refractivity contribution in [1.82, 2.24) is 0 Å². The summed E-state index contributed by atoms with van der Waals surface area (Å²) in [5.74, 6) is 0.633. The normalized spacial score (nSPS) is 11.8. The second-order valence-corrected chi connectivity index (χ2v) is 5.53. The summed E-state index contributed by atoms with van der Waals surface area (Å²) in [6.07, 6.45) is 0.328. The molecule has 0 aliphatic heterocycles. The van der Waals surface area contributed by atoms with Gasteiger partial charge in [0.1, 0.15) is 5.75 Å². The predicted molar refractivity (Wildman–Crippen MR) is 90.5 cm³/mol. The molecule has 1 amide bonds. The number of nitrogens with one attached hydrogen (secondary N) is 1. The van der Waals surface area contributed by atoms with E-state index in [1.165, 1.54) is 0 Å². The summed E-state index contributed by atoms with van der Waals surface area (Å²) in [7, 11) is 0. The van der Waals surface area contributed by atoms with Gasteiger partial charge in [0.2, 0.25) is 0 Å². The molecule has 0 bridgehead atoms. The zero-order valence-corrected chi connectivity index (χ0v) is 13.6.